The number of phenols is 2. The van der Waals surface area contributed by atoms with Crippen molar-refractivity contribution < 1.29 is 44.4 Å². The van der Waals surface area contributed by atoms with Crippen molar-refractivity contribution in [2.24, 2.45) is 5.16 Å². The highest BCUT2D eigenvalue weighted by atomic mass is 32.2. The van der Waals surface area contributed by atoms with E-state index in [1.807, 2.05) is 0 Å². The molecule has 0 aliphatic carbocycles. The number of carbonyl (C=O) groups is 4. The van der Waals surface area contributed by atoms with E-state index >= 15 is 0 Å². The number of aliphatic carboxylic acids is 2. The van der Waals surface area contributed by atoms with Gasteiger partial charge in [0.15, 0.2) is 22.3 Å². The number of rotatable bonds is 9. The Morgan fingerprint density at radius 2 is 2.03 bits per heavy atom. The average molecular weight is 562 g/mol. The van der Waals surface area contributed by atoms with E-state index in [0.717, 1.165) is 28.4 Å². The Morgan fingerprint density at radius 1 is 1.29 bits per heavy atom. The second-order valence-corrected chi connectivity index (χ2v) is 9.82. The number of nitrogens with zero attached hydrogens (tertiary/aromatic N) is 3. The monoisotopic (exact) mass is 561 g/mol. The highest BCUT2D eigenvalue weighted by Crippen LogP contribution is 2.40. The summed E-state index contributed by atoms with van der Waals surface area (Å²) in [6.07, 6.45) is -0.441. The van der Waals surface area contributed by atoms with Gasteiger partial charge in [0.25, 0.3) is 11.8 Å². The van der Waals surface area contributed by atoms with E-state index in [1.54, 1.807) is 0 Å². The number of hydrogen-bond acceptors (Lipinski definition) is 12. The zero-order valence-electron chi connectivity index (χ0n) is 19.1. The average Bonchev–Trinajstić information content (AvgIpc) is 3.31. The van der Waals surface area contributed by atoms with Crippen molar-refractivity contribution in [3.8, 4) is 11.5 Å². The first-order chi connectivity index (χ1) is 18.0. The summed E-state index contributed by atoms with van der Waals surface area (Å²) in [5.74, 6) is -5.30. The molecule has 14 nitrogen and oxygen atoms in total. The van der Waals surface area contributed by atoms with E-state index < -0.39 is 58.5 Å². The summed E-state index contributed by atoms with van der Waals surface area (Å²) in [7, 11) is 0. The van der Waals surface area contributed by atoms with Gasteiger partial charge < -0.3 is 36.3 Å². The Labute approximate surface area is 221 Å². The van der Waals surface area contributed by atoms with Crippen LogP contribution in [0.4, 0.5) is 5.13 Å². The fourth-order valence-electron chi connectivity index (χ4n) is 3.67. The summed E-state index contributed by atoms with van der Waals surface area (Å²) >= 11 is 2.19. The van der Waals surface area contributed by atoms with Crippen LogP contribution in [0.15, 0.2) is 52.7 Å². The number of carboxylic acids is 2. The summed E-state index contributed by atoms with van der Waals surface area (Å²) in [4.78, 5) is 59.7. The second kappa shape index (κ2) is 10.4. The molecular weight excluding hydrogens is 542 g/mol. The normalized spacial score (nSPS) is 19.7. The number of allylic oxidation sites excluding steroid dienone is 1. The van der Waals surface area contributed by atoms with Gasteiger partial charge in [-0.2, -0.15) is 0 Å². The van der Waals surface area contributed by atoms with Gasteiger partial charge in [-0.25, -0.2) is 14.6 Å². The van der Waals surface area contributed by atoms with Crippen LogP contribution in [0.5, 0.6) is 11.5 Å². The number of hydrogen-bond donors (Lipinski definition) is 6. The van der Waals surface area contributed by atoms with E-state index in [2.05, 4.69) is 22.0 Å². The molecule has 3 atom stereocenters. The van der Waals surface area contributed by atoms with Crippen molar-refractivity contribution >= 4 is 57.7 Å². The number of carboxylic acid groups (broad SMARTS) is 2. The molecule has 38 heavy (non-hydrogen) atoms. The number of aromatic nitrogens is 1. The second-order valence-electron chi connectivity index (χ2n) is 7.83. The summed E-state index contributed by atoms with van der Waals surface area (Å²) in [6.45, 7) is 3.57. The lowest BCUT2D eigenvalue weighted by Gasteiger charge is -2.49. The molecular formula is C22H19N5O9S2. The maximum atomic E-state index is 13.2. The van der Waals surface area contributed by atoms with Crippen LogP contribution >= 0.6 is 23.1 Å². The summed E-state index contributed by atoms with van der Waals surface area (Å²) in [5, 5.41) is 45.2. The van der Waals surface area contributed by atoms with Gasteiger partial charge in [0.1, 0.15) is 22.8 Å². The van der Waals surface area contributed by atoms with Crippen molar-refractivity contribution in [2.45, 2.75) is 17.5 Å². The van der Waals surface area contributed by atoms with Crippen molar-refractivity contribution in [3.05, 3.63) is 58.8 Å². The zero-order chi connectivity index (χ0) is 27.7. The highest BCUT2D eigenvalue weighted by Gasteiger charge is 2.54. The fourth-order valence-corrected chi connectivity index (χ4v) is 5.56. The number of aromatic hydroxyl groups is 2. The number of amides is 2. The number of anilines is 1. The lowest BCUT2D eigenvalue weighted by molar-refractivity contribution is -0.151. The number of oxime groups is 1. The lowest BCUT2D eigenvalue weighted by atomic mass is 10.0. The molecule has 3 heterocycles. The number of β-lactam (4-membered cyclic amide) rings is 1. The third-order valence-corrected chi connectivity index (χ3v) is 7.46. The molecule has 7 N–H and O–H groups in total. The number of carbonyl (C=O) groups excluding carboxylic acids is 2. The first kappa shape index (κ1) is 26.5. The zero-order valence-corrected chi connectivity index (χ0v) is 20.7. The van der Waals surface area contributed by atoms with Crippen LogP contribution in [0.3, 0.4) is 0 Å². The van der Waals surface area contributed by atoms with E-state index in [1.165, 1.54) is 29.3 Å². The van der Waals surface area contributed by atoms with Crippen molar-refractivity contribution in [2.75, 3.05) is 11.5 Å². The Kier molecular flexibility index (Phi) is 7.27. The first-order valence-electron chi connectivity index (χ1n) is 10.6. The Balaban J connectivity index is 1.60. The summed E-state index contributed by atoms with van der Waals surface area (Å²) < 4.78 is 0. The highest BCUT2D eigenvalue weighted by molar-refractivity contribution is 8.00. The van der Waals surface area contributed by atoms with Crippen LogP contribution in [0, 0.1) is 0 Å². The third-order valence-electron chi connectivity index (χ3n) is 5.49. The minimum Gasteiger partial charge on any atom is -0.504 e. The standard InChI is InChI=1S/C22H19N5O9S2/c1-2-8-6-37-19-14(18(31)27(19)15(8)20(32)33)25-17(30)13(10-7-38-22(23)24-10)26-36-16(21(34)35)9-3-4-11(28)12(29)5-9/h2-5,7,14,16,19,28-29H,1,6H2,(H2,23,24)(H,25,30)(H,32,33)(H,34,35)/b26-13-/t14-,16+,19-/m1/s1. The van der Waals surface area contributed by atoms with Crippen LogP contribution < -0.4 is 11.1 Å². The molecule has 1 fully saturated rings. The van der Waals surface area contributed by atoms with Gasteiger partial charge in [0.2, 0.25) is 6.10 Å². The van der Waals surface area contributed by atoms with Gasteiger partial charge >= 0.3 is 11.9 Å². The maximum Gasteiger partial charge on any atom is 0.352 e. The first-order valence-corrected chi connectivity index (χ1v) is 12.5. The number of nitrogens with one attached hydrogen (secondary N) is 1. The molecule has 0 radical (unpaired) electrons. The summed E-state index contributed by atoms with van der Waals surface area (Å²) in [5.41, 5.74) is 5.15. The minimum absolute atomic E-state index is 0.0670. The van der Waals surface area contributed by atoms with Gasteiger partial charge in [-0.3, -0.25) is 14.5 Å². The molecule has 16 heteroatoms. The molecule has 0 spiro atoms. The minimum atomic E-state index is -1.80. The Hall–Kier alpha value is -4.57. The molecule has 4 rings (SSSR count). The summed E-state index contributed by atoms with van der Waals surface area (Å²) in [6, 6.07) is 2.07. The van der Waals surface area contributed by atoms with Crippen molar-refractivity contribution in [1.82, 2.24) is 15.2 Å². The van der Waals surface area contributed by atoms with Crippen LogP contribution in [0.2, 0.25) is 0 Å². The van der Waals surface area contributed by atoms with Crippen LogP contribution in [-0.4, -0.2) is 76.9 Å². The molecule has 0 unspecified atom stereocenters. The molecule has 1 aromatic carbocycles. The number of benzene rings is 1. The van der Waals surface area contributed by atoms with Crippen molar-refractivity contribution in [1.29, 1.82) is 0 Å². The topological polar surface area (TPSA) is 225 Å². The van der Waals surface area contributed by atoms with Gasteiger partial charge in [-0.1, -0.05) is 23.9 Å². The lowest BCUT2D eigenvalue weighted by Crippen LogP contribution is -2.71. The third kappa shape index (κ3) is 4.85. The van der Waals surface area contributed by atoms with Gasteiger partial charge in [-0.15, -0.1) is 23.1 Å². The SMILES string of the molecule is C=CC1=C(C(=O)O)N2C(=O)[C@@H](NC(=O)/C(=N\O[C@H](C(=O)O)c3ccc(O)c(O)c3)c3csc(N)n3)[C@H]2SC1. The van der Waals surface area contributed by atoms with Crippen LogP contribution in [0.25, 0.3) is 0 Å². The quantitative estimate of drug-likeness (QED) is 0.107. The van der Waals surface area contributed by atoms with Gasteiger partial charge in [0.05, 0.1) is 0 Å². The van der Waals surface area contributed by atoms with Crippen molar-refractivity contribution in [3.63, 3.8) is 0 Å². The molecule has 1 saturated heterocycles. The molecule has 198 valence electrons. The number of fused-ring (bicyclic) bond motifs is 1. The number of thioether (sulfide) groups is 1. The molecule has 2 aliphatic heterocycles. The number of nitrogen functional groups attached to an aromatic ring is 1. The Bertz CT molecular complexity index is 1420. The van der Waals surface area contributed by atoms with E-state index in [-0.39, 0.29) is 27.8 Å². The molecule has 2 amide bonds. The molecule has 0 saturated carbocycles. The smallest absolute Gasteiger partial charge is 0.352 e. The predicted octanol–water partition coefficient (Wildman–Crippen LogP) is 0.608. The maximum absolute atomic E-state index is 13.2. The molecule has 1 aromatic heterocycles. The van der Waals surface area contributed by atoms with Crippen LogP contribution in [-0.2, 0) is 24.0 Å². The van der Waals surface area contributed by atoms with E-state index in [0.29, 0.717) is 5.57 Å². The number of phenolic OH excluding ortho intramolecular Hbond substituents is 2. The predicted molar refractivity (Wildman–Crippen MR) is 134 cm³/mol. The van der Waals surface area contributed by atoms with Gasteiger partial charge in [0, 0.05) is 16.7 Å². The van der Waals surface area contributed by atoms with Crippen LogP contribution in [0.1, 0.15) is 17.4 Å². The van der Waals surface area contributed by atoms with Gasteiger partial charge in [-0.05, 0) is 17.7 Å². The fraction of sp³-hybridized carbons (Fsp3) is 0.182. The van der Waals surface area contributed by atoms with E-state index in [4.69, 9.17) is 10.6 Å². The number of thiazole rings is 1. The Morgan fingerprint density at radius 3 is 2.61 bits per heavy atom. The largest absolute Gasteiger partial charge is 0.504 e. The number of nitrogens with two attached hydrogens (primary N) is 1. The molecule has 0 bridgehead atoms. The molecule has 2 aromatic rings. The van der Waals surface area contributed by atoms with E-state index in [9.17, 15) is 39.6 Å². The molecule has 2 aliphatic rings.